The van der Waals surface area contributed by atoms with E-state index in [0.29, 0.717) is 6.54 Å². The quantitative estimate of drug-likeness (QED) is 0.829. The molecule has 0 aliphatic heterocycles. The summed E-state index contributed by atoms with van der Waals surface area (Å²) in [7, 11) is 0. The van der Waals surface area contributed by atoms with Crippen molar-refractivity contribution in [2.75, 3.05) is 6.54 Å². The lowest BCUT2D eigenvalue weighted by atomic mass is 10.3. The Kier molecular flexibility index (Phi) is 2.86. The van der Waals surface area contributed by atoms with Crippen molar-refractivity contribution in [3.8, 4) is 10.6 Å². The molecule has 2 aromatic heterocycles. The molecule has 3 nitrogen and oxygen atoms in total. The van der Waals surface area contributed by atoms with Gasteiger partial charge < -0.3 is 5.73 Å². The molecule has 2 rings (SSSR count). The van der Waals surface area contributed by atoms with Crippen molar-refractivity contribution in [2.24, 2.45) is 5.73 Å². The molecule has 0 saturated heterocycles. The van der Waals surface area contributed by atoms with Crippen LogP contribution in [0.1, 0.15) is 4.88 Å². The van der Waals surface area contributed by atoms with Crippen molar-refractivity contribution in [3.63, 3.8) is 0 Å². The van der Waals surface area contributed by atoms with E-state index >= 15 is 0 Å². The monoisotopic (exact) mass is 205 g/mol. The summed E-state index contributed by atoms with van der Waals surface area (Å²) in [6.07, 6.45) is 6.38. The number of hydrogen-bond donors (Lipinski definition) is 1. The first-order chi connectivity index (χ1) is 6.90. The molecule has 14 heavy (non-hydrogen) atoms. The van der Waals surface area contributed by atoms with E-state index < -0.39 is 0 Å². The van der Waals surface area contributed by atoms with Crippen molar-refractivity contribution in [1.82, 2.24) is 9.97 Å². The summed E-state index contributed by atoms with van der Waals surface area (Å²) in [6.45, 7) is 0.675. The van der Waals surface area contributed by atoms with Crippen LogP contribution in [-0.4, -0.2) is 16.5 Å². The van der Waals surface area contributed by atoms with Crippen LogP contribution in [0.25, 0.3) is 10.6 Å². The molecule has 2 aromatic rings. The van der Waals surface area contributed by atoms with Gasteiger partial charge in [-0.05, 0) is 25.1 Å². The standard InChI is InChI=1S/C10H11N3S/c11-4-3-9-7-13-10(14-9)8-2-1-5-12-6-8/h1-2,5-7H,3-4,11H2. The average molecular weight is 205 g/mol. The second kappa shape index (κ2) is 4.30. The lowest BCUT2D eigenvalue weighted by Crippen LogP contribution is -2.00. The molecule has 4 heteroatoms. The molecular weight excluding hydrogens is 194 g/mol. The molecule has 2 N–H and O–H groups in total. The largest absolute Gasteiger partial charge is 0.330 e. The second-order valence-corrected chi connectivity index (χ2v) is 4.03. The van der Waals surface area contributed by atoms with Crippen LogP contribution in [0.15, 0.2) is 30.7 Å². The Morgan fingerprint density at radius 1 is 1.36 bits per heavy atom. The fourth-order valence-corrected chi connectivity index (χ4v) is 2.11. The van der Waals surface area contributed by atoms with Crippen LogP contribution < -0.4 is 5.73 Å². The van der Waals surface area contributed by atoms with Crippen LogP contribution in [0, 0.1) is 0 Å². The Labute approximate surface area is 86.6 Å². The normalized spacial score (nSPS) is 10.4. The molecule has 2 heterocycles. The van der Waals surface area contributed by atoms with Gasteiger partial charge in [-0.25, -0.2) is 4.98 Å². The van der Waals surface area contributed by atoms with Crippen molar-refractivity contribution < 1.29 is 0 Å². The molecule has 0 unspecified atom stereocenters. The van der Waals surface area contributed by atoms with E-state index in [4.69, 9.17) is 5.73 Å². The third-order valence-corrected chi connectivity index (χ3v) is 2.96. The van der Waals surface area contributed by atoms with Gasteiger partial charge in [0.1, 0.15) is 5.01 Å². The maximum absolute atomic E-state index is 5.48. The number of rotatable bonds is 3. The summed E-state index contributed by atoms with van der Waals surface area (Å²) >= 11 is 1.68. The second-order valence-electron chi connectivity index (χ2n) is 2.91. The molecule has 72 valence electrons. The van der Waals surface area contributed by atoms with Crippen LogP contribution >= 0.6 is 11.3 Å². The van der Waals surface area contributed by atoms with E-state index in [1.54, 1.807) is 17.5 Å². The maximum Gasteiger partial charge on any atom is 0.125 e. The molecular formula is C10H11N3S. The first kappa shape index (κ1) is 9.30. The Balaban J connectivity index is 2.25. The van der Waals surface area contributed by atoms with E-state index in [2.05, 4.69) is 9.97 Å². The lowest BCUT2D eigenvalue weighted by Gasteiger charge is -1.92. The van der Waals surface area contributed by atoms with Crippen LogP contribution in [0.3, 0.4) is 0 Å². The third-order valence-electron chi connectivity index (χ3n) is 1.85. The van der Waals surface area contributed by atoms with Gasteiger partial charge in [0.15, 0.2) is 0 Å². The minimum Gasteiger partial charge on any atom is -0.330 e. The summed E-state index contributed by atoms with van der Waals surface area (Å²) in [5, 5.41) is 1.02. The van der Waals surface area contributed by atoms with Gasteiger partial charge in [-0.1, -0.05) is 0 Å². The van der Waals surface area contributed by atoms with Gasteiger partial charge >= 0.3 is 0 Å². The zero-order valence-corrected chi connectivity index (χ0v) is 8.50. The predicted octanol–water partition coefficient (Wildman–Crippen LogP) is 1.71. The summed E-state index contributed by atoms with van der Waals surface area (Å²) in [6, 6.07) is 3.93. The lowest BCUT2D eigenvalue weighted by molar-refractivity contribution is 0.984. The maximum atomic E-state index is 5.48. The number of nitrogens with zero attached hydrogens (tertiary/aromatic N) is 2. The summed E-state index contributed by atoms with van der Waals surface area (Å²) in [5.74, 6) is 0. The fraction of sp³-hybridized carbons (Fsp3) is 0.200. The van der Waals surface area contributed by atoms with Crippen molar-refractivity contribution in [1.29, 1.82) is 0 Å². The molecule has 0 aliphatic rings. The molecule has 0 saturated carbocycles. The van der Waals surface area contributed by atoms with Gasteiger partial charge in [0, 0.05) is 29.0 Å². The zero-order chi connectivity index (χ0) is 9.80. The van der Waals surface area contributed by atoms with Gasteiger partial charge in [-0.3, -0.25) is 4.98 Å². The van der Waals surface area contributed by atoms with Crippen LogP contribution in [0.4, 0.5) is 0 Å². The number of hydrogen-bond acceptors (Lipinski definition) is 4. The van der Waals surface area contributed by atoms with E-state index in [-0.39, 0.29) is 0 Å². The van der Waals surface area contributed by atoms with Crippen molar-refractivity contribution in [3.05, 3.63) is 35.6 Å². The van der Waals surface area contributed by atoms with Gasteiger partial charge in [0.2, 0.25) is 0 Å². The molecule has 0 aromatic carbocycles. The van der Waals surface area contributed by atoms with Crippen molar-refractivity contribution in [2.45, 2.75) is 6.42 Å². The first-order valence-electron chi connectivity index (χ1n) is 4.45. The Bertz CT molecular complexity index is 397. The highest BCUT2D eigenvalue weighted by Gasteiger charge is 2.03. The van der Waals surface area contributed by atoms with E-state index in [1.807, 2.05) is 24.5 Å². The Morgan fingerprint density at radius 2 is 2.29 bits per heavy atom. The topological polar surface area (TPSA) is 51.8 Å². The van der Waals surface area contributed by atoms with Crippen LogP contribution in [-0.2, 0) is 6.42 Å². The average Bonchev–Trinajstić information content (AvgIpc) is 2.68. The van der Waals surface area contributed by atoms with Gasteiger partial charge in [0.25, 0.3) is 0 Å². The highest BCUT2D eigenvalue weighted by Crippen LogP contribution is 2.24. The number of pyridine rings is 1. The molecule has 0 aliphatic carbocycles. The fourth-order valence-electron chi connectivity index (χ4n) is 1.19. The Morgan fingerprint density at radius 3 is 3.00 bits per heavy atom. The van der Waals surface area contributed by atoms with E-state index in [1.165, 1.54) is 4.88 Å². The van der Waals surface area contributed by atoms with Crippen LogP contribution in [0.2, 0.25) is 0 Å². The molecule has 0 atom stereocenters. The predicted molar refractivity (Wildman–Crippen MR) is 58.1 cm³/mol. The number of thiazole rings is 1. The number of nitrogens with two attached hydrogens (primary N) is 1. The smallest absolute Gasteiger partial charge is 0.125 e. The third kappa shape index (κ3) is 1.97. The molecule has 0 fully saturated rings. The first-order valence-corrected chi connectivity index (χ1v) is 5.27. The molecule has 0 spiro atoms. The van der Waals surface area contributed by atoms with E-state index in [9.17, 15) is 0 Å². The number of aromatic nitrogens is 2. The zero-order valence-electron chi connectivity index (χ0n) is 7.68. The van der Waals surface area contributed by atoms with E-state index in [0.717, 1.165) is 17.0 Å². The Hall–Kier alpha value is -1.26. The molecule has 0 amide bonds. The van der Waals surface area contributed by atoms with Crippen LogP contribution in [0.5, 0.6) is 0 Å². The molecule has 0 radical (unpaired) electrons. The minimum absolute atomic E-state index is 0.675. The highest BCUT2D eigenvalue weighted by atomic mass is 32.1. The molecule has 0 bridgehead atoms. The summed E-state index contributed by atoms with van der Waals surface area (Å²) in [5.41, 5.74) is 6.55. The highest BCUT2D eigenvalue weighted by molar-refractivity contribution is 7.15. The van der Waals surface area contributed by atoms with Gasteiger partial charge in [0.05, 0.1) is 0 Å². The van der Waals surface area contributed by atoms with Gasteiger partial charge in [-0.2, -0.15) is 0 Å². The van der Waals surface area contributed by atoms with Crippen molar-refractivity contribution >= 4 is 11.3 Å². The summed E-state index contributed by atoms with van der Waals surface area (Å²) in [4.78, 5) is 9.61. The van der Waals surface area contributed by atoms with Gasteiger partial charge in [-0.15, -0.1) is 11.3 Å². The summed E-state index contributed by atoms with van der Waals surface area (Å²) < 4.78 is 0. The SMILES string of the molecule is NCCc1cnc(-c2cccnc2)s1. The minimum atomic E-state index is 0.675.